The van der Waals surface area contributed by atoms with Crippen molar-refractivity contribution in [1.29, 1.82) is 0 Å². The predicted octanol–water partition coefficient (Wildman–Crippen LogP) is 3.35. The SMILES string of the molecule is O=C(O)CCC(C(=O)O)N1C(=O)SC(=Cc2ccc(Cl)cc2Cl)C1=O. The van der Waals surface area contributed by atoms with Crippen LogP contribution in [0.25, 0.3) is 6.08 Å². The number of nitrogens with zero attached hydrogens (tertiary/aromatic N) is 1. The van der Waals surface area contributed by atoms with E-state index in [9.17, 15) is 24.3 Å². The lowest BCUT2D eigenvalue weighted by atomic mass is 10.1. The molecule has 10 heteroatoms. The van der Waals surface area contributed by atoms with E-state index in [1.54, 1.807) is 12.1 Å². The average Bonchev–Trinajstić information content (AvgIpc) is 2.77. The quantitative estimate of drug-likeness (QED) is 0.700. The summed E-state index contributed by atoms with van der Waals surface area (Å²) in [5.41, 5.74) is 0.439. The molecule has 1 aliphatic heterocycles. The molecule has 0 saturated carbocycles. The maximum Gasteiger partial charge on any atom is 0.326 e. The minimum absolute atomic E-state index is 0.00389. The first-order valence-electron chi connectivity index (χ1n) is 6.87. The second kappa shape index (κ2) is 7.90. The van der Waals surface area contributed by atoms with Gasteiger partial charge in [0.25, 0.3) is 11.1 Å². The van der Waals surface area contributed by atoms with Gasteiger partial charge < -0.3 is 10.2 Å². The Balaban J connectivity index is 2.30. The third kappa shape index (κ3) is 4.53. The molecule has 25 heavy (non-hydrogen) atoms. The molecular weight excluding hydrogens is 393 g/mol. The van der Waals surface area contributed by atoms with E-state index >= 15 is 0 Å². The zero-order valence-electron chi connectivity index (χ0n) is 12.4. The van der Waals surface area contributed by atoms with Crippen molar-refractivity contribution in [3.63, 3.8) is 0 Å². The summed E-state index contributed by atoms with van der Waals surface area (Å²) in [6.07, 6.45) is 0.498. The smallest absolute Gasteiger partial charge is 0.326 e. The molecule has 1 atom stereocenters. The fraction of sp³-hybridized carbons (Fsp3) is 0.200. The minimum Gasteiger partial charge on any atom is -0.481 e. The van der Waals surface area contributed by atoms with Gasteiger partial charge in [-0.3, -0.25) is 19.3 Å². The van der Waals surface area contributed by atoms with Crippen LogP contribution < -0.4 is 0 Å². The van der Waals surface area contributed by atoms with Crippen LogP contribution in [0.15, 0.2) is 23.1 Å². The molecule has 1 heterocycles. The van der Waals surface area contributed by atoms with E-state index in [-0.39, 0.29) is 16.3 Å². The van der Waals surface area contributed by atoms with E-state index in [1.807, 2.05) is 0 Å². The fourth-order valence-electron chi connectivity index (χ4n) is 2.13. The molecule has 1 aromatic carbocycles. The van der Waals surface area contributed by atoms with Crippen molar-refractivity contribution in [3.05, 3.63) is 38.7 Å². The highest BCUT2D eigenvalue weighted by Crippen LogP contribution is 2.35. The van der Waals surface area contributed by atoms with Crippen LogP contribution in [0.2, 0.25) is 10.0 Å². The number of thioether (sulfide) groups is 1. The van der Waals surface area contributed by atoms with Gasteiger partial charge in [-0.2, -0.15) is 0 Å². The van der Waals surface area contributed by atoms with Crippen LogP contribution in [-0.2, 0) is 14.4 Å². The Labute approximate surface area is 156 Å². The van der Waals surface area contributed by atoms with Gasteiger partial charge in [-0.05, 0) is 42.0 Å². The summed E-state index contributed by atoms with van der Waals surface area (Å²) in [6.45, 7) is 0. The van der Waals surface area contributed by atoms with Gasteiger partial charge in [-0.15, -0.1) is 0 Å². The monoisotopic (exact) mass is 403 g/mol. The predicted molar refractivity (Wildman–Crippen MR) is 92.6 cm³/mol. The lowest BCUT2D eigenvalue weighted by Gasteiger charge is -2.20. The number of benzene rings is 1. The maximum absolute atomic E-state index is 12.4. The van der Waals surface area contributed by atoms with Gasteiger partial charge in [-0.25, -0.2) is 4.79 Å². The zero-order chi connectivity index (χ0) is 18.7. The molecular formula is C15H11Cl2NO6S. The number of halogens is 2. The number of carbonyl (C=O) groups excluding carboxylic acids is 2. The van der Waals surface area contributed by atoms with Gasteiger partial charge in [0.05, 0.1) is 4.91 Å². The van der Waals surface area contributed by atoms with Crippen LogP contribution in [0.5, 0.6) is 0 Å². The Kier molecular flexibility index (Phi) is 6.10. The number of amides is 2. The topological polar surface area (TPSA) is 112 Å². The molecule has 1 saturated heterocycles. The highest BCUT2D eigenvalue weighted by molar-refractivity contribution is 8.18. The van der Waals surface area contributed by atoms with Crippen LogP contribution in [0.4, 0.5) is 4.79 Å². The van der Waals surface area contributed by atoms with Crippen molar-refractivity contribution in [2.24, 2.45) is 0 Å². The third-order valence-corrected chi connectivity index (χ3v) is 4.75. The van der Waals surface area contributed by atoms with E-state index in [1.165, 1.54) is 12.1 Å². The van der Waals surface area contributed by atoms with E-state index < -0.39 is 35.5 Å². The highest BCUT2D eigenvalue weighted by atomic mass is 35.5. The largest absolute Gasteiger partial charge is 0.481 e. The van der Waals surface area contributed by atoms with Crippen LogP contribution in [0.3, 0.4) is 0 Å². The average molecular weight is 404 g/mol. The van der Waals surface area contributed by atoms with E-state index in [4.69, 9.17) is 28.3 Å². The van der Waals surface area contributed by atoms with E-state index in [0.717, 1.165) is 0 Å². The first kappa shape index (κ1) is 19.3. The Morgan fingerprint density at radius 3 is 2.48 bits per heavy atom. The van der Waals surface area contributed by atoms with Gasteiger partial charge >= 0.3 is 11.9 Å². The van der Waals surface area contributed by atoms with Crippen molar-refractivity contribution in [2.45, 2.75) is 18.9 Å². The number of carboxylic acids is 2. The second-order valence-corrected chi connectivity index (χ2v) is 6.84. The summed E-state index contributed by atoms with van der Waals surface area (Å²) in [5, 5.41) is 17.8. The zero-order valence-corrected chi connectivity index (χ0v) is 14.8. The van der Waals surface area contributed by atoms with Crippen LogP contribution in [0.1, 0.15) is 18.4 Å². The summed E-state index contributed by atoms with van der Waals surface area (Å²) in [6, 6.07) is 3.02. The van der Waals surface area contributed by atoms with Crippen molar-refractivity contribution < 1.29 is 29.4 Å². The van der Waals surface area contributed by atoms with Crippen LogP contribution in [0, 0.1) is 0 Å². The van der Waals surface area contributed by atoms with Gasteiger partial charge in [0.15, 0.2) is 0 Å². The molecule has 0 spiro atoms. The summed E-state index contributed by atoms with van der Waals surface area (Å²) in [7, 11) is 0. The molecule has 2 amide bonds. The molecule has 1 fully saturated rings. The first-order valence-corrected chi connectivity index (χ1v) is 8.44. The molecule has 7 nitrogen and oxygen atoms in total. The van der Waals surface area contributed by atoms with Crippen molar-refractivity contribution in [3.8, 4) is 0 Å². The lowest BCUT2D eigenvalue weighted by Crippen LogP contribution is -2.44. The van der Waals surface area contributed by atoms with Crippen molar-refractivity contribution >= 4 is 64.1 Å². The van der Waals surface area contributed by atoms with Crippen LogP contribution >= 0.6 is 35.0 Å². The van der Waals surface area contributed by atoms with Gasteiger partial charge in [-0.1, -0.05) is 29.3 Å². The Morgan fingerprint density at radius 1 is 1.24 bits per heavy atom. The lowest BCUT2D eigenvalue weighted by molar-refractivity contribution is -0.147. The Bertz CT molecular complexity index is 794. The van der Waals surface area contributed by atoms with E-state index in [0.29, 0.717) is 27.2 Å². The summed E-state index contributed by atoms with van der Waals surface area (Å²) < 4.78 is 0. The molecule has 0 bridgehead atoms. The molecule has 2 rings (SSSR count). The number of carbonyl (C=O) groups is 4. The Hall–Kier alpha value is -2.03. The number of hydrogen-bond donors (Lipinski definition) is 2. The number of aliphatic carboxylic acids is 2. The standard InChI is InChI=1S/C15H11Cl2NO6S/c16-8-2-1-7(9(17)6-8)5-11-13(21)18(15(24)25-11)10(14(22)23)3-4-12(19)20/h1-2,5-6,10H,3-4H2,(H,19,20)(H,22,23). The normalized spacial score (nSPS) is 17.2. The van der Waals surface area contributed by atoms with Crippen LogP contribution in [-0.4, -0.2) is 44.2 Å². The fourth-order valence-corrected chi connectivity index (χ4v) is 3.46. The molecule has 0 aromatic heterocycles. The summed E-state index contributed by atoms with van der Waals surface area (Å²) in [4.78, 5) is 47.1. The maximum atomic E-state index is 12.4. The molecule has 1 unspecified atom stereocenters. The highest BCUT2D eigenvalue weighted by Gasteiger charge is 2.42. The Morgan fingerprint density at radius 2 is 1.92 bits per heavy atom. The number of hydrogen-bond acceptors (Lipinski definition) is 5. The molecule has 1 aromatic rings. The second-order valence-electron chi connectivity index (χ2n) is 5.00. The third-order valence-electron chi connectivity index (χ3n) is 3.30. The minimum atomic E-state index is -1.55. The number of rotatable bonds is 6. The first-order chi connectivity index (χ1) is 11.7. The van der Waals surface area contributed by atoms with Crippen molar-refractivity contribution in [1.82, 2.24) is 4.90 Å². The molecule has 2 N–H and O–H groups in total. The molecule has 0 aliphatic carbocycles. The van der Waals surface area contributed by atoms with Crippen molar-refractivity contribution in [2.75, 3.05) is 0 Å². The number of carboxylic acid groups (broad SMARTS) is 2. The molecule has 1 aliphatic rings. The molecule has 0 radical (unpaired) electrons. The number of imide groups is 1. The van der Waals surface area contributed by atoms with Gasteiger partial charge in [0, 0.05) is 16.5 Å². The van der Waals surface area contributed by atoms with Gasteiger partial charge in [0.1, 0.15) is 6.04 Å². The van der Waals surface area contributed by atoms with E-state index in [2.05, 4.69) is 0 Å². The molecule has 132 valence electrons. The summed E-state index contributed by atoms with van der Waals surface area (Å²) >= 11 is 12.4. The summed E-state index contributed by atoms with van der Waals surface area (Å²) in [5.74, 6) is -3.48. The van der Waals surface area contributed by atoms with Gasteiger partial charge in [0.2, 0.25) is 0 Å².